The molecule has 1 heteroatoms. The molecule has 0 aliphatic carbocycles. The summed E-state index contributed by atoms with van der Waals surface area (Å²) in [6.07, 6.45) is 1.76. The van der Waals surface area contributed by atoms with Gasteiger partial charge in [0.25, 0.3) is 0 Å². The minimum atomic E-state index is -0.155. The van der Waals surface area contributed by atoms with Crippen molar-refractivity contribution in [2.24, 2.45) is 5.92 Å². The molecule has 0 rings (SSSR count). The Morgan fingerprint density at radius 3 is 2.14 bits per heavy atom. The van der Waals surface area contributed by atoms with Gasteiger partial charge in [-0.3, -0.25) is 4.39 Å². The van der Waals surface area contributed by atoms with Crippen LogP contribution in [0.2, 0.25) is 0 Å². The van der Waals surface area contributed by atoms with Crippen molar-refractivity contribution in [3.63, 3.8) is 0 Å². The highest BCUT2D eigenvalue weighted by Gasteiger charge is 1.90. The Morgan fingerprint density at radius 1 is 1.43 bits per heavy atom. The second-order valence-corrected chi connectivity index (χ2v) is 2.23. The summed E-state index contributed by atoms with van der Waals surface area (Å²) in [7, 11) is 0. The number of alkyl halides is 1. The van der Waals surface area contributed by atoms with E-state index in [1.165, 1.54) is 0 Å². The zero-order chi connectivity index (χ0) is 5.70. The minimum Gasteiger partial charge on any atom is -0.251 e. The van der Waals surface area contributed by atoms with Crippen LogP contribution in [0.3, 0.4) is 0 Å². The average Bonchev–Trinajstić information content (AvgIpc) is 1.61. The first-order valence-electron chi connectivity index (χ1n) is 2.83. The summed E-state index contributed by atoms with van der Waals surface area (Å²) in [6, 6.07) is 0. The lowest BCUT2D eigenvalue weighted by Crippen LogP contribution is -1.86. The van der Waals surface area contributed by atoms with E-state index in [2.05, 4.69) is 13.8 Å². The fourth-order valence-electron chi connectivity index (χ4n) is 0.485. The van der Waals surface area contributed by atoms with Crippen molar-refractivity contribution in [3.8, 4) is 0 Å². The summed E-state index contributed by atoms with van der Waals surface area (Å²) < 4.78 is 11.4. The van der Waals surface area contributed by atoms with Crippen LogP contribution in [0.25, 0.3) is 0 Å². The van der Waals surface area contributed by atoms with Crippen LogP contribution >= 0.6 is 0 Å². The number of rotatable bonds is 3. The summed E-state index contributed by atoms with van der Waals surface area (Å²) in [4.78, 5) is 0. The van der Waals surface area contributed by atoms with Crippen LogP contribution in [-0.2, 0) is 0 Å². The van der Waals surface area contributed by atoms with Crippen molar-refractivity contribution < 1.29 is 4.39 Å². The van der Waals surface area contributed by atoms with Gasteiger partial charge in [0, 0.05) is 0 Å². The first-order valence-corrected chi connectivity index (χ1v) is 2.83. The lowest BCUT2D eigenvalue weighted by Gasteiger charge is -1.97. The van der Waals surface area contributed by atoms with Gasteiger partial charge in [-0.05, 0) is 18.8 Å². The van der Waals surface area contributed by atoms with E-state index in [0.29, 0.717) is 5.92 Å². The van der Waals surface area contributed by atoms with Crippen LogP contribution in [0.5, 0.6) is 0 Å². The molecule has 0 radical (unpaired) electrons. The summed E-state index contributed by atoms with van der Waals surface area (Å²) in [5.41, 5.74) is 0. The third-order valence-electron chi connectivity index (χ3n) is 0.915. The molecule has 0 atom stereocenters. The summed E-state index contributed by atoms with van der Waals surface area (Å²) in [5, 5.41) is 0. The zero-order valence-corrected chi connectivity index (χ0v) is 5.08. The second kappa shape index (κ2) is 4.10. The molecule has 0 heterocycles. The van der Waals surface area contributed by atoms with E-state index in [9.17, 15) is 4.39 Å². The fraction of sp³-hybridized carbons (Fsp3) is 1.00. The van der Waals surface area contributed by atoms with E-state index >= 15 is 0 Å². The molecule has 0 unspecified atom stereocenters. The van der Waals surface area contributed by atoms with Crippen LogP contribution in [0, 0.1) is 5.92 Å². The molecule has 0 N–H and O–H groups in total. The number of hydrogen-bond donors (Lipinski definition) is 0. The molecule has 0 spiro atoms. The molecule has 0 aromatic rings. The fourth-order valence-corrected chi connectivity index (χ4v) is 0.485. The topological polar surface area (TPSA) is 0 Å². The van der Waals surface area contributed by atoms with Gasteiger partial charge in [-0.1, -0.05) is 13.8 Å². The minimum absolute atomic E-state index is 0.155. The molecular formula is C6H13F. The van der Waals surface area contributed by atoms with Gasteiger partial charge >= 0.3 is 0 Å². The smallest absolute Gasteiger partial charge is 0.0894 e. The van der Waals surface area contributed by atoms with Gasteiger partial charge in [0.2, 0.25) is 0 Å². The Bertz CT molecular complexity index is 33.2. The van der Waals surface area contributed by atoms with Crippen LogP contribution in [0.4, 0.5) is 4.39 Å². The maximum Gasteiger partial charge on any atom is 0.0894 e. The van der Waals surface area contributed by atoms with Gasteiger partial charge in [-0.15, -0.1) is 0 Å². The molecule has 0 saturated carbocycles. The lowest BCUT2D eigenvalue weighted by molar-refractivity contribution is 0.430. The molecule has 44 valence electrons. The molecule has 0 aliphatic heterocycles. The molecule has 0 bridgehead atoms. The standard InChI is InChI=1S/C6H13F/c1-6(2)4-3-5-7/h6H,3-5H2,1-2H3/i7-1. The van der Waals surface area contributed by atoms with E-state index in [1.54, 1.807) is 0 Å². The lowest BCUT2D eigenvalue weighted by atomic mass is 10.1. The van der Waals surface area contributed by atoms with Crippen molar-refractivity contribution in [1.82, 2.24) is 0 Å². The van der Waals surface area contributed by atoms with Gasteiger partial charge in [0.15, 0.2) is 0 Å². The van der Waals surface area contributed by atoms with Crippen LogP contribution < -0.4 is 0 Å². The molecular weight excluding hydrogens is 90.1 g/mol. The average molecular weight is 103 g/mol. The van der Waals surface area contributed by atoms with Crippen molar-refractivity contribution in [1.29, 1.82) is 0 Å². The maximum atomic E-state index is 11.4. The van der Waals surface area contributed by atoms with E-state index in [-0.39, 0.29) is 6.67 Å². The number of hydrogen-bond acceptors (Lipinski definition) is 0. The summed E-state index contributed by atoms with van der Waals surface area (Å²) >= 11 is 0. The largest absolute Gasteiger partial charge is 0.251 e. The highest BCUT2D eigenvalue weighted by molar-refractivity contribution is 4.42. The molecule has 0 aliphatic rings. The third-order valence-corrected chi connectivity index (χ3v) is 0.915. The van der Waals surface area contributed by atoms with Crippen molar-refractivity contribution in [2.45, 2.75) is 26.7 Å². The van der Waals surface area contributed by atoms with E-state index < -0.39 is 0 Å². The highest BCUT2D eigenvalue weighted by atomic mass is 18.2. The maximum absolute atomic E-state index is 11.4. The molecule has 0 amide bonds. The molecule has 0 fully saturated rings. The molecule has 0 saturated heterocycles. The quantitative estimate of drug-likeness (QED) is 0.514. The Labute approximate surface area is 44.7 Å². The van der Waals surface area contributed by atoms with Gasteiger partial charge < -0.3 is 0 Å². The Hall–Kier alpha value is -0.0700. The van der Waals surface area contributed by atoms with Crippen LogP contribution in [-0.4, -0.2) is 6.67 Å². The van der Waals surface area contributed by atoms with Crippen molar-refractivity contribution >= 4 is 0 Å². The SMILES string of the molecule is CC(C)CCC[18F]. The Balaban J connectivity index is 2.68. The van der Waals surface area contributed by atoms with Crippen molar-refractivity contribution in [3.05, 3.63) is 0 Å². The second-order valence-electron chi connectivity index (χ2n) is 2.23. The van der Waals surface area contributed by atoms with E-state index in [0.717, 1.165) is 12.8 Å². The molecule has 7 heavy (non-hydrogen) atoms. The summed E-state index contributed by atoms with van der Waals surface area (Å²) in [5.74, 6) is 0.663. The predicted molar refractivity (Wildman–Crippen MR) is 30.0 cm³/mol. The third kappa shape index (κ3) is 5.93. The predicted octanol–water partition coefficient (Wildman–Crippen LogP) is 2.39. The van der Waals surface area contributed by atoms with Crippen LogP contribution in [0.15, 0.2) is 0 Å². The first kappa shape index (κ1) is 6.93. The van der Waals surface area contributed by atoms with Crippen LogP contribution in [0.1, 0.15) is 26.7 Å². The van der Waals surface area contributed by atoms with Gasteiger partial charge in [-0.25, -0.2) is 0 Å². The Kier molecular flexibility index (Phi) is 4.06. The van der Waals surface area contributed by atoms with Gasteiger partial charge in [0.05, 0.1) is 6.67 Å². The molecule has 0 aromatic heterocycles. The van der Waals surface area contributed by atoms with E-state index in [4.69, 9.17) is 0 Å². The Morgan fingerprint density at radius 2 is 2.00 bits per heavy atom. The van der Waals surface area contributed by atoms with Gasteiger partial charge in [0.1, 0.15) is 0 Å². The summed E-state index contributed by atoms with van der Waals surface area (Å²) in [6.45, 7) is 4.06. The molecule has 0 nitrogen and oxygen atoms in total. The molecule has 0 aromatic carbocycles. The highest BCUT2D eigenvalue weighted by Crippen LogP contribution is 2.02. The zero-order valence-electron chi connectivity index (χ0n) is 5.08. The van der Waals surface area contributed by atoms with Crippen molar-refractivity contribution in [2.75, 3.05) is 6.67 Å². The van der Waals surface area contributed by atoms with E-state index in [1.807, 2.05) is 0 Å². The monoisotopic (exact) mass is 103 g/mol. The normalized spacial score (nSPS) is 10.3. The van der Waals surface area contributed by atoms with Gasteiger partial charge in [-0.2, -0.15) is 0 Å². The first-order chi connectivity index (χ1) is 3.27. The number of halogens is 1.